The van der Waals surface area contributed by atoms with Gasteiger partial charge in [-0.15, -0.1) is 0 Å². The summed E-state index contributed by atoms with van der Waals surface area (Å²) < 4.78 is 6.12. The van der Waals surface area contributed by atoms with Gasteiger partial charge in [0.2, 0.25) is 0 Å². The van der Waals surface area contributed by atoms with Crippen molar-refractivity contribution in [1.29, 1.82) is 0 Å². The van der Waals surface area contributed by atoms with Gasteiger partial charge in [-0.2, -0.15) is 0 Å². The van der Waals surface area contributed by atoms with Crippen LogP contribution in [0.3, 0.4) is 0 Å². The summed E-state index contributed by atoms with van der Waals surface area (Å²) in [5.74, 6) is 0.460. The van der Waals surface area contributed by atoms with Gasteiger partial charge in [0.05, 0.1) is 0 Å². The van der Waals surface area contributed by atoms with Crippen LogP contribution < -0.4 is 0 Å². The molecule has 2 nitrogen and oxygen atoms in total. The molecule has 54 valence electrons. The van der Waals surface area contributed by atoms with E-state index in [0.29, 0.717) is 12.5 Å². The van der Waals surface area contributed by atoms with Crippen molar-refractivity contribution in [3.63, 3.8) is 0 Å². The Labute approximate surface area is 68.6 Å². The topological polar surface area (TPSA) is 29.5 Å². The van der Waals surface area contributed by atoms with Crippen molar-refractivity contribution in [2.45, 2.75) is 13.8 Å². The fraction of sp³-hybridized carbons (Fsp3) is 0.833. The zero-order chi connectivity index (χ0) is 7.28. The quantitative estimate of drug-likeness (QED) is 0.702. The molecule has 0 rings (SSSR count). The molecule has 0 fully saturated rings. The van der Waals surface area contributed by atoms with Crippen LogP contribution in [0.5, 0.6) is 0 Å². The summed E-state index contributed by atoms with van der Waals surface area (Å²) in [5, 5.41) is 8.36. The van der Waals surface area contributed by atoms with Crippen LogP contribution in [-0.2, 0) is 4.74 Å². The first-order valence-corrected chi connectivity index (χ1v) is 4.12. The van der Waals surface area contributed by atoms with Crippen LogP contribution in [0, 0.1) is 5.92 Å². The molecule has 1 N–H and O–H groups in total. The summed E-state index contributed by atoms with van der Waals surface area (Å²) in [6.07, 6.45) is 0. The Hall–Kier alpha value is 0.420. The van der Waals surface area contributed by atoms with Crippen LogP contribution in [0.4, 0.5) is 0 Å². The average molecular weight is 244 g/mol. The Bertz CT molecular complexity index is 91.1. The third kappa shape index (κ3) is 4.89. The number of ether oxygens (including phenoxy) is 1. The summed E-state index contributed by atoms with van der Waals surface area (Å²) in [6, 6.07) is 0. The molecule has 0 atom stereocenters. The molecule has 0 saturated heterocycles. The molecular formula is C6H12O2Te. The predicted molar refractivity (Wildman–Crippen MR) is 38.6 cm³/mol. The van der Waals surface area contributed by atoms with E-state index >= 15 is 0 Å². The molecule has 0 spiro atoms. The molecule has 0 amide bonds. The molecule has 0 saturated carbocycles. The fourth-order valence-electron chi connectivity index (χ4n) is 0.313. The Kier molecular flexibility index (Phi) is 5.47. The van der Waals surface area contributed by atoms with E-state index in [1.165, 1.54) is 0 Å². The number of hydrogen-bond acceptors (Lipinski definition) is 2. The van der Waals surface area contributed by atoms with Crippen LogP contribution in [0.25, 0.3) is 0 Å². The third-order valence-electron chi connectivity index (χ3n) is 0.807. The zero-order valence-corrected chi connectivity index (χ0v) is 8.09. The van der Waals surface area contributed by atoms with E-state index in [9.17, 15) is 0 Å². The van der Waals surface area contributed by atoms with Crippen molar-refractivity contribution < 1.29 is 9.84 Å². The maximum atomic E-state index is 8.36. The number of hydrogen-bond donors (Lipinski definition) is 1. The minimum absolute atomic E-state index is 0.103. The van der Waals surface area contributed by atoms with Gasteiger partial charge in [0, 0.05) is 0 Å². The molecule has 0 aliphatic heterocycles. The van der Waals surface area contributed by atoms with Gasteiger partial charge in [-0.25, -0.2) is 0 Å². The molecule has 0 aromatic carbocycles. The number of rotatable bonds is 4. The van der Waals surface area contributed by atoms with E-state index in [4.69, 9.17) is 9.84 Å². The SMILES string of the molecule is CC(C)C(=[Te])OCCO. The molecule has 0 unspecified atom stereocenters. The monoisotopic (exact) mass is 246 g/mol. The molecule has 3 heteroatoms. The average Bonchev–Trinajstić information content (AvgIpc) is 1.82. The second-order valence-electron chi connectivity index (χ2n) is 2.05. The molecule has 0 aromatic rings. The van der Waals surface area contributed by atoms with Crippen molar-refractivity contribution in [2.75, 3.05) is 13.2 Å². The van der Waals surface area contributed by atoms with E-state index in [1.54, 1.807) is 0 Å². The fourth-order valence-corrected chi connectivity index (χ4v) is 0.551. The van der Waals surface area contributed by atoms with Gasteiger partial charge >= 0.3 is 68.4 Å². The van der Waals surface area contributed by atoms with Crippen molar-refractivity contribution in [2.24, 2.45) is 5.92 Å². The second kappa shape index (κ2) is 5.22. The van der Waals surface area contributed by atoms with E-state index in [-0.39, 0.29) is 6.61 Å². The van der Waals surface area contributed by atoms with Gasteiger partial charge in [-0.1, -0.05) is 0 Å². The van der Waals surface area contributed by atoms with Crippen LogP contribution in [0.15, 0.2) is 0 Å². The first kappa shape index (κ1) is 9.42. The summed E-state index contributed by atoms with van der Waals surface area (Å²) >= 11 is 1.86. The molecule has 0 aromatic heterocycles. The molecule has 9 heavy (non-hydrogen) atoms. The summed E-state index contributed by atoms with van der Waals surface area (Å²) in [4.78, 5) is 0. The summed E-state index contributed by atoms with van der Waals surface area (Å²) in [5.41, 5.74) is 0. The van der Waals surface area contributed by atoms with Gasteiger partial charge in [0.1, 0.15) is 0 Å². The Balaban J connectivity index is 3.28. The Morgan fingerprint density at radius 2 is 2.22 bits per heavy atom. The first-order chi connectivity index (χ1) is 4.18. The molecular weight excluding hydrogens is 232 g/mol. The first-order valence-electron chi connectivity index (χ1n) is 2.96. The van der Waals surface area contributed by atoms with E-state index in [0.717, 1.165) is 3.74 Å². The summed E-state index contributed by atoms with van der Waals surface area (Å²) in [6.45, 7) is 4.66. The van der Waals surface area contributed by atoms with Crippen LogP contribution in [-0.4, -0.2) is 43.9 Å². The zero-order valence-electron chi connectivity index (χ0n) is 5.76. The number of aliphatic hydroxyl groups is 1. The van der Waals surface area contributed by atoms with Crippen molar-refractivity contribution in [3.8, 4) is 0 Å². The van der Waals surface area contributed by atoms with Gasteiger partial charge in [-0.05, 0) is 0 Å². The standard InChI is InChI=1S/C6H12O2Te/c1-5(2)6(9)8-4-3-7/h5,7H,3-4H2,1-2H3. The predicted octanol–water partition coefficient (Wildman–Crippen LogP) is -0.0503. The minimum atomic E-state index is 0.103. The van der Waals surface area contributed by atoms with Crippen LogP contribution in [0.2, 0.25) is 0 Å². The molecule has 0 bridgehead atoms. The van der Waals surface area contributed by atoms with E-state index < -0.39 is 0 Å². The van der Waals surface area contributed by atoms with Crippen LogP contribution >= 0.6 is 0 Å². The summed E-state index contributed by atoms with van der Waals surface area (Å²) in [7, 11) is 0. The van der Waals surface area contributed by atoms with E-state index in [2.05, 4.69) is 13.8 Å². The van der Waals surface area contributed by atoms with Crippen LogP contribution in [0.1, 0.15) is 13.8 Å². The van der Waals surface area contributed by atoms with Crippen molar-refractivity contribution in [3.05, 3.63) is 0 Å². The molecule has 0 aliphatic rings. The Morgan fingerprint density at radius 3 is 2.56 bits per heavy atom. The Morgan fingerprint density at radius 1 is 1.67 bits per heavy atom. The van der Waals surface area contributed by atoms with Crippen molar-refractivity contribution in [1.82, 2.24) is 0 Å². The number of aliphatic hydroxyl groups excluding tert-OH is 1. The molecule has 0 heterocycles. The van der Waals surface area contributed by atoms with Crippen molar-refractivity contribution >= 4 is 25.6 Å². The van der Waals surface area contributed by atoms with Gasteiger partial charge < -0.3 is 0 Å². The third-order valence-corrected chi connectivity index (χ3v) is 2.49. The molecule has 0 radical (unpaired) electrons. The van der Waals surface area contributed by atoms with Gasteiger partial charge in [0.15, 0.2) is 0 Å². The normalized spacial score (nSPS) is 9.78. The van der Waals surface area contributed by atoms with Gasteiger partial charge in [0.25, 0.3) is 0 Å². The van der Waals surface area contributed by atoms with E-state index in [1.807, 2.05) is 21.8 Å². The molecule has 0 aliphatic carbocycles. The van der Waals surface area contributed by atoms with Gasteiger partial charge in [-0.3, -0.25) is 0 Å². The second-order valence-corrected chi connectivity index (χ2v) is 3.19. The maximum absolute atomic E-state index is 8.36.